The maximum Gasteiger partial charge on any atom is 0.416 e. The fourth-order valence-corrected chi connectivity index (χ4v) is 5.67. The van der Waals surface area contributed by atoms with Crippen LogP contribution in [0, 0.1) is 0 Å². The second-order valence-electron chi connectivity index (χ2n) is 8.08. The Morgan fingerprint density at radius 1 is 0.730 bits per heavy atom. The van der Waals surface area contributed by atoms with E-state index in [1.165, 1.54) is 12.1 Å². The van der Waals surface area contributed by atoms with E-state index in [9.17, 15) is 48.0 Å². The van der Waals surface area contributed by atoms with E-state index >= 15 is 0 Å². The molecular weight excluding hydrogens is 546 g/mol. The summed E-state index contributed by atoms with van der Waals surface area (Å²) in [6, 6.07) is 10.0. The predicted molar refractivity (Wildman–Crippen MR) is 121 cm³/mol. The lowest BCUT2D eigenvalue weighted by molar-refractivity contribution is -0.138. The molecule has 3 aromatic carbocycles. The van der Waals surface area contributed by atoms with Gasteiger partial charge in [-0.05, 0) is 60.5 Å². The first-order chi connectivity index (χ1) is 16.9. The lowest BCUT2D eigenvalue weighted by atomic mass is 10.0. The van der Waals surface area contributed by atoms with E-state index in [1.54, 1.807) is 0 Å². The van der Waals surface area contributed by atoms with Gasteiger partial charge in [0.15, 0.2) is 15.6 Å². The summed E-state index contributed by atoms with van der Waals surface area (Å²) in [5.41, 5.74) is -2.31. The van der Waals surface area contributed by atoms with E-state index in [1.807, 2.05) is 0 Å². The van der Waals surface area contributed by atoms with Crippen molar-refractivity contribution in [2.24, 2.45) is 0 Å². The monoisotopic (exact) mass is 564 g/mol. The Balaban J connectivity index is 1.80. The summed E-state index contributed by atoms with van der Waals surface area (Å²) >= 11 is 0. The summed E-state index contributed by atoms with van der Waals surface area (Å²) in [5.74, 6) is -0.741. The molecular formula is C24H18F6O5S2. The number of benzene rings is 3. The van der Waals surface area contributed by atoms with Gasteiger partial charge in [-0.3, -0.25) is 4.79 Å². The number of rotatable bonds is 7. The van der Waals surface area contributed by atoms with Crippen molar-refractivity contribution in [2.75, 3.05) is 6.26 Å². The lowest BCUT2D eigenvalue weighted by Crippen LogP contribution is -2.13. The number of sulfone groups is 2. The molecule has 3 aromatic rings. The van der Waals surface area contributed by atoms with Gasteiger partial charge in [0.1, 0.15) is 0 Å². The number of ketones is 1. The van der Waals surface area contributed by atoms with Crippen LogP contribution >= 0.6 is 0 Å². The smallest absolute Gasteiger partial charge is 0.294 e. The number of hydrogen-bond acceptors (Lipinski definition) is 5. The van der Waals surface area contributed by atoms with Gasteiger partial charge < -0.3 is 0 Å². The quantitative estimate of drug-likeness (QED) is 0.269. The standard InChI is InChI=1S/C24H18F6O5S2/c1-36(32,33)22-14-17(24(28,29)30)8-11-20(22)21(31)12-7-15-5-9-18(10-6-15)37(34,35)19-4-2-3-16(13-19)23(25,26)27/h2-6,8-11,13-14H,7,12H2,1H3. The molecule has 0 heterocycles. The minimum atomic E-state index is -4.81. The van der Waals surface area contributed by atoms with Crippen LogP contribution in [0.3, 0.4) is 0 Å². The van der Waals surface area contributed by atoms with Crippen LogP contribution in [-0.4, -0.2) is 28.9 Å². The molecule has 0 saturated heterocycles. The SMILES string of the molecule is CS(=O)(=O)c1cc(C(F)(F)F)ccc1C(=O)CCc1ccc(S(=O)(=O)c2cccc(C(F)(F)F)c2)cc1. The molecule has 0 aromatic heterocycles. The molecule has 0 unspecified atom stereocenters. The van der Waals surface area contributed by atoms with Crippen molar-refractivity contribution in [2.45, 2.75) is 39.9 Å². The number of carbonyl (C=O) groups is 1. The average Bonchev–Trinajstić information content (AvgIpc) is 2.81. The predicted octanol–water partition coefficient (Wildman–Crippen LogP) is 5.78. The van der Waals surface area contributed by atoms with Gasteiger partial charge in [0.05, 0.1) is 25.8 Å². The third kappa shape index (κ3) is 6.58. The third-order valence-corrected chi connectivity index (χ3v) is 8.26. The van der Waals surface area contributed by atoms with Gasteiger partial charge in [-0.2, -0.15) is 26.3 Å². The summed E-state index contributed by atoms with van der Waals surface area (Å²) in [5, 5.41) is 0. The van der Waals surface area contributed by atoms with Crippen molar-refractivity contribution in [3.63, 3.8) is 0 Å². The second-order valence-corrected chi connectivity index (χ2v) is 12.0. The van der Waals surface area contributed by atoms with Crippen LogP contribution in [0.2, 0.25) is 0 Å². The highest BCUT2D eigenvalue weighted by Gasteiger charge is 2.33. The third-order valence-electron chi connectivity index (χ3n) is 5.35. The van der Waals surface area contributed by atoms with Crippen molar-refractivity contribution in [3.05, 3.63) is 89.0 Å². The zero-order chi connectivity index (χ0) is 27.8. The number of halogens is 6. The first-order valence-electron chi connectivity index (χ1n) is 10.4. The molecule has 0 saturated carbocycles. The molecule has 198 valence electrons. The Hall–Kier alpha value is -3.19. The van der Waals surface area contributed by atoms with Crippen molar-refractivity contribution in [1.82, 2.24) is 0 Å². The highest BCUT2D eigenvalue weighted by molar-refractivity contribution is 7.91. The maximum absolute atomic E-state index is 13.0. The first kappa shape index (κ1) is 28.4. The Morgan fingerprint density at radius 3 is 1.84 bits per heavy atom. The number of hydrogen-bond donors (Lipinski definition) is 0. The fourth-order valence-electron chi connectivity index (χ4n) is 3.44. The van der Waals surface area contributed by atoms with E-state index in [-0.39, 0.29) is 17.7 Å². The highest BCUT2D eigenvalue weighted by atomic mass is 32.2. The molecule has 13 heteroatoms. The summed E-state index contributed by atoms with van der Waals surface area (Å²) < 4.78 is 127. The molecule has 0 fully saturated rings. The van der Waals surface area contributed by atoms with Crippen molar-refractivity contribution < 1.29 is 48.0 Å². The van der Waals surface area contributed by atoms with Gasteiger partial charge in [0.2, 0.25) is 9.84 Å². The van der Waals surface area contributed by atoms with Crippen LogP contribution in [0.5, 0.6) is 0 Å². The van der Waals surface area contributed by atoms with Crippen molar-refractivity contribution in [3.8, 4) is 0 Å². The zero-order valence-corrected chi connectivity index (χ0v) is 20.5. The van der Waals surface area contributed by atoms with Crippen LogP contribution in [0.4, 0.5) is 26.3 Å². The number of alkyl halides is 6. The second kappa shape index (κ2) is 9.93. The molecule has 0 aliphatic heterocycles. The molecule has 0 spiro atoms. The van der Waals surface area contributed by atoms with Crippen molar-refractivity contribution >= 4 is 25.5 Å². The molecule has 0 N–H and O–H groups in total. The number of Topliss-reactive ketones (excluding diaryl/α,β-unsaturated/α-hetero) is 1. The molecule has 0 aliphatic carbocycles. The van der Waals surface area contributed by atoms with Crippen LogP contribution in [0.15, 0.2) is 81.4 Å². The molecule has 0 aliphatic rings. The van der Waals surface area contributed by atoms with Gasteiger partial charge in [-0.25, -0.2) is 16.8 Å². The van der Waals surface area contributed by atoms with Crippen LogP contribution in [0.1, 0.15) is 33.5 Å². The van der Waals surface area contributed by atoms with Gasteiger partial charge in [-0.1, -0.05) is 18.2 Å². The Kier molecular flexibility index (Phi) is 7.62. The summed E-state index contributed by atoms with van der Waals surface area (Å²) in [6.45, 7) is 0. The number of carbonyl (C=O) groups excluding carboxylic acids is 1. The largest absolute Gasteiger partial charge is 0.416 e. The van der Waals surface area contributed by atoms with Crippen LogP contribution in [-0.2, 0) is 38.4 Å². The van der Waals surface area contributed by atoms with Crippen LogP contribution < -0.4 is 0 Å². The molecule has 0 amide bonds. The maximum atomic E-state index is 13.0. The molecule has 3 rings (SSSR count). The lowest BCUT2D eigenvalue weighted by Gasteiger charge is -2.12. The average molecular weight is 565 g/mol. The Labute approximate surface area is 208 Å². The van der Waals surface area contributed by atoms with Gasteiger partial charge in [0, 0.05) is 18.2 Å². The topological polar surface area (TPSA) is 85.3 Å². The fraction of sp³-hybridized carbons (Fsp3) is 0.208. The zero-order valence-electron chi connectivity index (χ0n) is 18.9. The minimum Gasteiger partial charge on any atom is -0.294 e. The Morgan fingerprint density at radius 2 is 1.30 bits per heavy atom. The first-order valence-corrected chi connectivity index (χ1v) is 13.7. The van der Waals surface area contributed by atoms with E-state index < -0.39 is 64.3 Å². The molecule has 37 heavy (non-hydrogen) atoms. The van der Waals surface area contributed by atoms with Gasteiger partial charge in [0.25, 0.3) is 0 Å². The van der Waals surface area contributed by atoms with Gasteiger partial charge >= 0.3 is 12.4 Å². The summed E-state index contributed by atoms with van der Waals surface area (Å²) in [7, 11) is -8.44. The van der Waals surface area contributed by atoms with Crippen LogP contribution in [0.25, 0.3) is 0 Å². The molecule has 0 atom stereocenters. The van der Waals surface area contributed by atoms with E-state index in [0.29, 0.717) is 30.0 Å². The van der Waals surface area contributed by atoms with Gasteiger partial charge in [-0.15, -0.1) is 0 Å². The van der Waals surface area contributed by atoms with Crippen molar-refractivity contribution in [1.29, 1.82) is 0 Å². The van der Waals surface area contributed by atoms with E-state index in [2.05, 4.69) is 0 Å². The number of aryl methyl sites for hydroxylation is 1. The van der Waals surface area contributed by atoms with E-state index in [4.69, 9.17) is 0 Å². The Bertz CT molecular complexity index is 1540. The minimum absolute atomic E-state index is 0.00700. The molecule has 0 bridgehead atoms. The molecule has 5 nitrogen and oxygen atoms in total. The highest BCUT2D eigenvalue weighted by Crippen LogP contribution is 2.33. The summed E-state index contributed by atoms with van der Waals surface area (Å²) in [6.07, 6.45) is -9.16. The summed E-state index contributed by atoms with van der Waals surface area (Å²) in [4.78, 5) is 11.0. The normalized spacial score (nSPS) is 12.9. The molecule has 0 radical (unpaired) electrons. The van der Waals surface area contributed by atoms with E-state index in [0.717, 1.165) is 36.4 Å².